The topological polar surface area (TPSA) is 95.9 Å². The fraction of sp³-hybridized carbons (Fsp3) is 0.667. The van der Waals surface area contributed by atoms with Crippen LogP contribution < -0.4 is 4.90 Å². The molecule has 1 amide bonds. The molecule has 29 heavy (non-hydrogen) atoms. The Labute approximate surface area is 165 Å². The van der Waals surface area contributed by atoms with Gasteiger partial charge in [0.05, 0.1) is 30.2 Å². The highest BCUT2D eigenvalue weighted by Crippen LogP contribution is 2.35. The molecule has 0 atom stereocenters. The molecule has 0 aromatic carbocycles. The number of rotatable bonds is 3. The van der Waals surface area contributed by atoms with Crippen molar-refractivity contribution in [2.24, 2.45) is 5.92 Å². The Morgan fingerprint density at radius 2 is 1.83 bits per heavy atom. The number of morpholine rings is 1. The van der Waals surface area contributed by atoms with Crippen molar-refractivity contribution in [3.05, 3.63) is 18.7 Å². The average molecular weight is 416 g/mol. The molecule has 2 saturated heterocycles. The number of carbonyl (C=O) groups excluding carboxylic acids is 1. The second-order valence-electron chi connectivity index (χ2n) is 7.60. The van der Waals surface area contributed by atoms with Gasteiger partial charge in [-0.15, -0.1) is 0 Å². The highest BCUT2D eigenvalue weighted by molar-refractivity contribution is 5.94. The summed E-state index contributed by atoms with van der Waals surface area (Å²) in [6, 6.07) is 0. The highest BCUT2D eigenvalue weighted by Gasteiger charge is 2.43. The number of likely N-dealkylation sites (tertiary alicyclic amines) is 1. The van der Waals surface area contributed by atoms with Gasteiger partial charge in [-0.3, -0.25) is 4.79 Å². The van der Waals surface area contributed by atoms with E-state index in [1.54, 1.807) is 17.3 Å². The number of anilines is 1. The molecule has 11 heteroatoms. The van der Waals surface area contributed by atoms with Crippen LogP contribution in [0.4, 0.5) is 18.9 Å². The van der Waals surface area contributed by atoms with Crippen LogP contribution >= 0.6 is 0 Å². The van der Waals surface area contributed by atoms with Crippen molar-refractivity contribution in [3.63, 3.8) is 0 Å². The molecule has 2 aliphatic heterocycles. The van der Waals surface area contributed by atoms with Gasteiger partial charge in [0.25, 0.3) is 5.91 Å². The maximum absolute atomic E-state index is 12.2. The van der Waals surface area contributed by atoms with Gasteiger partial charge in [0.2, 0.25) is 0 Å². The van der Waals surface area contributed by atoms with Gasteiger partial charge in [-0.05, 0) is 31.6 Å². The minimum atomic E-state index is -5.08. The van der Waals surface area contributed by atoms with E-state index >= 15 is 0 Å². The third kappa shape index (κ3) is 5.86. The molecule has 3 heterocycles. The van der Waals surface area contributed by atoms with Crippen molar-refractivity contribution < 1.29 is 32.6 Å². The number of halogens is 3. The molecule has 1 spiro atoms. The van der Waals surface area contributed by atoms with E-state index in [9.17, 15) is 18.0 Å². The third-order valence-electron chi connectivity index (χ3n) is 5.33. The van der Waals surface area contributed by atoms with Gasteiger partial charge in [-0.25, -0.2) is 14.8 Å². The Morgan fingerprint density at radius 3 is 2.34 bits per heavy atom. The standard InChI is InChI=1S/C16H22N4O2.C2HF3O2/c21-15-10-22-16(11-20(15)14-7-17-12-18-8-14)3-5-19(6-4-16)9-13-1-2-13;3-2(4,5)1(6)7/h7-8,12-13H,1-6,9-11H2;(H,6,7). The lowest BCUT2D eigenvalue weighted by molar-refractivity contribution is -0.192. The van der Waals surface area contributed by atoms with Crippen LogP contribution in [0.25, 0.3) is 0 Å². The van der Waals surface area contributed by atoms with Crippen molar-refractivity contribution in [1.29, 1.82) is 0 Å². The number of piperidine rings is 1. The van der Waals surface area contributed by atoms with Crippen LogP contribution in [0.1, 0.15) is 25.7 Å². The van der Waals surface area contributed by atoms with Crippen LogP contribution in [0.2, 0.25) is 0 Å². The number of aliphatic carboxylic acids is 1. The zero-order chi connectivity index (χ0) is 21.1. The Balaban J connectivity index is 0.000000298. The van der Waals surface area contributed by atoms with Crippen molar-refractivity contribution in [2.75, 3.05) is 37.7 Å². The first-order valence-electron chi connectivity index (χ1n) is 9.40. The SMILES string of the molecule is O=C(O)C(F)(F)F.O=C1COC2(CCN(CC3CC3)CC2)CN1c1cncnc1. The largest absolute Gasteiger partial charge is 0.490 e. The Hall–Kier alpha value is -2.27. The minimum absolute atomic E-state index is 0.000773. The molecule has 0 radical (unpaired) electrons. The molecule has 160 valence electrons. The van der Waals surface area contributed by atoms with Gasteiger partial charge in [-0.1, -0.05) is 0 Å². The van der Waals surface area contributed by atoms with E-state index in [1.165, 1.54) is 25.7 Å². The first kappa shape index (κ1) is 21.4. The van der Waals surface area contributed by atoms with Crippen LogP contribution in [0.3, 0.4) is 0 Å². The van der Waals surface area contributed by atoms with Gasteiger partial charge in [0.15, 0.2) is 0 Å². The molecular formula is C18H23F3N4O4. The highest BCUT2D eigenvalue weighted by atomic mass is 19.4. The van der Waals surface area contributed by atoms with E-state index in [-0.39, 0.29) is 18.1 Å². The first-order valence-corrected chi connectivity index (χ1v) is 9.40. The molecule has 8 nitrogen and oxygen atoms in total. The fourth-order valence-electron chi connectivity index (χ4n) is 3.49. The van der Waals surface area contributed by atoms with Gasteiger partial charge in [0.1, 0.15) is 12.9 Å². The van der Waals surface area contributed by atoms with E-state index in [0.29, 0.717) is 6.54 Å². The number of hydrogen-bond acceptors (Lipinski definition) is 6. The fourth-order valence-corrected chi connectivity index (χ4v) is 3.49. The Bertz CT molecular complexity index is 720. The summed E-state index contributed by atoms with van der Waals surface area (Å²) in [4.78, 5) is 33.5. The van der Waals surface area contributed by atoms with Crippen LogP contribution in [0, 0.1) is 5.92 Å². The van der Waals surface area contributed by atoms with E-state index in [2.05, 4.69) is 14.9 Å². The molecule has 3 fully saturated rings. The summed E-state index contributed by atoms with van der Waals surface area (Å²) in [5, 5.41) is 7.12. The summed E-state index contributed by atoms with van der Waals surface area (Å²) in [6.45, 7) is 4.17. The number of carboxylic acids is 1. The van der Waals surface area contributed by atoms with Crippen LogP contribution in [0.15, 0.2) is 18.7 Å². The lowest BCUT2D eigenvalue weighted by Gasteiger charge is -2.46. The average Bonchev–Trinajstić information content (AvgIpc) is 3.50. The van der Waals surface area contributed by atoms with Gasteiger partial charge in [0, 0.05) is 19.6 Å². The summed E-state index contributed by atoms with van der Waals surface area (Å²) < 4.78 is 37.7. The predicted molar refractivity (Wildman–Crippen MR) is 95.2 cm³/mol. The first-order chi connectivity index (χ1) is 13.7. The number of carbonyl (C=O) groups is 2. The molecule has 1 N–H and O–H groups in total. The number of alkyl halides is 3. The zero-order valence-electron chi connectivity index (χ0n) is 15.8. The predicted octanol–water partition coefficient (Wildman–Crippen LogP) is 1.72. The number of aromatic nitrogens is 2. The van der Waals surface area contributed by atoms with Crippen molar-refractivity contribution >= 4 is 17.6 Å². The van der Waals surface area contributed by atoms with Crippen molar-refractivity contribution in [1.82, 2.24) is 14.9 Å². The van der Waals surface area contributed by atoms with Crippen LogP contribution in [-0.4, -0.2) is 76.4 Å². The lowest BCUT2D eigenvalue weighted by Crippen LogP contribution is -2.59. The summed E-state index contributed by atoms with van der Waals surface area (Å²) in [7, 11) is 0. The molecule has 1 aromatic heterocycles. The zero-order valence-corrected chi connectivity index (χ0v) is 15.8. The number of carboxylic acid groups (broad SMARTS) is 1. The second kappa shape index (κ2) is 8.62. The quantitative estimate of drug-likeness (QED) is 0.802. The summed E-state index contributed by atoms with van der Waals surface area (Å²) in [5.41, 5.74) is 0.583. The van der Waals surface area contributed by atoms with E-state index < -0.39 is 12.1 Å². The van der Waals surface area contributed by atoms with Gasteiger partial charge < -0.3 is 19.6 Å². The smallest absolute Gasteiger partial charge is 0.475 e. The molecule has 3 aliphatic rings. The Kier molecular flexibility index (Phi) is 6.37. The maximum atomic E-state index is 12.2. The summed E-state index contributed by atoms with van der Waals surface area (Å²) in [6.07, 6.45) is 4.59. The number of hydrogen-bond donors (Lipinski definition) is 1. The lowest BCUT2D eigenvalue weighted by atomic mass is 9.89. The van der Waals surface area contributed by atoms with E-state index in [4.69, 9.17) is 14.6 Å². The van der Waals surface area contributed by atoms with Crippen molar-refractivity contribution in [3.8, 4) is 0 Å². The second-order valence-corrected chi connectivity index (χ2v) is 7.60. The van der Waals surface area contributed by atoms with Crippen molar-refractivity contribution in [2.45, 2.75) is 37.5 Å². The molecule has 0 unspecified atom stereocenters. The maximum Gasteiger partial charge on any atom is 0.490 e. The number of nitrogens with zero attached hydrogens (tertiary/aromatic N) is 4. The van der Waals surface area contributed by atoms with Crippen LogP contribution in [-0.2, 0) is 14.3 Å². The van der Waals surface area contributed by atoms with Gasteiger partial charge in [-0.2, -0.15) is 13.2 Å². The summed E-state index contributed by atoms with van der Waals surface area (Å²) in [5.74, 6) is -1.82. The van der Waals surface area contributed by atoms with E-state index in [1.807, 2.05) is 0 Å². The molecule has 4 rings (SSSR count). The Morgan fingerprint density at radius 1 is 1.24 bits per heavy atom. The minimum Gasteiger partial charge on any atom is -0.475 e. The summed E-state index contributed by atoms with van der Waals surface area (Å²) >= 11 is 0. The third-order valence-corrected chi connectivity index (χ3v) is 5.33. The monoisotopic (exact) mass is 416 g/mol. The molecule has 0 bridgehead atoms. The number of amides is 1. The number of ether oxygens (including phenoxy) is 1. The molecular weight excluding hydrogens is 393 g/mol. The normalized spacial score (nSPS) is 22.2. The van der Waals surface area contributed by atoms with Crippen LogP contribution in [0.5, 0.6) is 0 Å². The molecule has 1 aromatic rings. The van der Waals surface area contributed by atoms with E-state index in [0.717, 1.165) is 37.5 Å². The van der Waals surface area contributed by atoms with Gasteiger partial charge >= 0.3 is 12.1 Å². The molecule has 1 saturated carbocycles. The molecule has 1 aliphatic carbocycles.